The van der Waals surface area contributed by atoms with Crippen molar-refractivity contribution in [2.45, 2.75) is 13.3 Å². The van der Waals surface area contributed by atoms with Crippen LogP contribution >= 0.6 is 39.1 Å². The van der Waals surface area contributed by atoms with Gasteiger partial charge in [0.2, 0.25) is 11.8 Å². The number of halogens is 3. The van der Waals surface area contributed by atoms with Gasteiger partial charge in [0.15, 0.2) is 0 Å². The van der Waals surface area contributed by atoms with Crippen LogP contribution in [0.25, 0.3) is 0 Å². The zero-order valence-corrected chi connectivity index (χ0v) is 16.5. The summed E-state index contributed by atoms with van der Waals surface area (Å²) in [6.45, 7) is 2.18. The zero-order chi connectivity index (χ0) is 18.1. The van der Waals surface area contributed by atoms with Crippen molar-refractivity contribution < 1.29 is 9.59 Å². The van der Waals surface area contributed by atoms with E-state index in [1.54, 1.807) is 41.3 Å². The Balaban J connectivity index is 1.73. The van der Waals surface area contributed by atoms with E-state index in [1.165, 1.54) is 0 Å². The van der Waals surface area contributed by atoms with Gasteiger partial charge in [0.25, 0.3) is 0 Å². The van der Waals surface area contributed by atoms with Crippen molar-refractivity contribution >= 4 is 62.3 Å². The Bertz CT molecular complexity index is 840. The van der Waals surface area contributed by atoms with Gasteiger partial charge in [0, 0.05) is 33.8 Å². The molecule has 1 atom stereocenters. The fraction of sp³-hybridized carbons (Fsp3) is 0.222. The molecule has 0 aromatic heterocycles. The molecule has 25 heavy (non-hydrogen) atoms. The van der Waals surface area contributed by atoms with Crippen LogP contribution in [-0.4, -0.2) is 18.4 Å². The van der Waals surface area contributed by atoms with E-state index < -0.39 is 5.92 Å². The number of benzene rings is 2. The molecule has 1 aliphatic heterocycles. The molecule has 0 aliphatic carbocycles. The molecule has 0 radical (unpaired) electrons. The van der Waals surface area contributed by atoms with E-state index in [2.05, 4.69) is 21.2 Å². The first-order valence-electron chi connectivity index (χ1n) is 7.68. The highest BCUT2D eigenvalue weighted by Gasteiger charge is 2.35. The van der Waals surface area contributed by atoms with Crippen LogP contribution < -0.4 is 10.2 Å². The Morgan fingerprint density at radius 1 is 1.20 bits per heavy atom. The first kappa shape index (κ1) is 18.2. The van der Waals surface area contributed by atoms with Crippen LogP contribution in [0.4, 0.5) is 11.4 Å². The maximum atomic E-state index is 12.6. The van der Waals surface area contributed by atoms with Crippen molar-refractivity contribution in [1.82, 2.24) is 0 Å². The van der Waals surface area contributed by atoms with Crippen LogP contribution in [0.2, 0.25) is 10.0 Å². The Morgan fingerprint density at radius 3 is 2.56 bits per heavy atom. The van der Waals surface area contributed by atoms with Crippen LogP contribution in [-0.2, 0) is 9.59 Å². The molecule has 1 saturated heterocycles. The molecule has 1 fully saturated rings. The van der Waals surface area contributed by atoms with Crippen molar-refractivity contribution in [1.29, 1.82) is 0 Å². The quantitative estimate of drug-likeness (QED) is 0.723. The van der Waals surface area contributed by atoms with E-state index in [4.69, 9.17) is 23.2 Å². The fourth-order valence-electron chi connectivity index (χ4n) is 2.78. The van der Waals surface area contributed by atoms with Gasteiger partial charge in [-0.2, -0.15) is 0 Å². The average molecular weight is 442 g/mol. The van der Waals surface area contributed by atoms with Gasteiger partial charge in [0.05, 0.1) is 10.9 Å². The standard InChI is InChI=1S/C18H15BrCl2N2O2/c1-10-15(7-6-14(19)17(10)21)22-18(25)11-8-16(24)23(9-11)13-4-2-12(20)3-5-13/h2-7,11H,8-9H2,1H3,(H,22,25)/t11-/m1/s1. The maximum Gasteiger partial charge on any atom is 0.229 e. The predicted molar refractivity (Wildman–Crippen MR) is 104 cm³/mol. The highest BCUT2D eigenvalue weighted by atomic mass is 79.9. The van der Waals surface area contributed by atoms with Gasteiger partial charge in [-0.1, -0.05) is 23.2 Å². The third kappa shape index (κ3) is 3.84. The number of amides is 2. The minimum atomic E-state index is -0.412. The summed E-state index contributed by atoms with van der Waals surface area (Å²) in [5.41, 5.74) is 2.17. The molecule has 0 spiro atoms. The lowest BCUT2D eigenvalue weighted by Crippen LogP contribution is -2.28. The first-order chi connectivity index (χ1) is 11.9. The van der Waals surface area contributed by atoms with E-state index in [1.807, 2.05) is 6.92 Å². The molecule has 1 N–H and O–H groups in total. The Kier molecular flexibility index (Phi) is 5.37. The molecule has 7 heteroatoms. The summed E-state index contributed by atoms with van der Waals surface area (Å²) < 4.78 is 0.773. The second-order valence-corrected chi connectivity index (χ2v) is 7.57. The normalized spacial score (nSPS) is 17.0. The molecule has 130 valence electrons. The van der Waals surface area contributed by atoms with Crippen molar-refractivity contribution in [3.05, 3.63) is 56.5 Å². The van der Waals surface area contributed by atoms with Gasteiger partial charge >= 0.3 is 0 Å². The molecular weight excluding hydrogens is 427 g/mol. The third-order valence-corrected chi connectivity index (χ3v) is 5.86. The minimum absolute atomic E-state index is 0.0759. The SMILES string of the molecule is Cc1c(NC(=O)[C@@H]2CC(=O)N(c3ccc(Cl)cc3)C2)ccc(Br)c1Cl. The number of nitrogens with one attached hydrogen (secondary N) is 1. The van der Waals surface area contributed by atoms with Gasteiger partial charge in [0.1, 0.15) is 0 Å². The fourth-order valence-corrected chi connectivity index (χ4v) is 3.50. The number of hydrogen-bond acceptors (Lipinski definition) is 2. The smallest absolute Gasteiger partial charge is 0.229 e. The second-order valence-electron chi connectivity index (χ2n) is 5.90. The van der Waals surface area contributed by atoms with Gasteiger partial charge < -0.3 is 10.2 Å². The van der Waals surface area contributed by atoms with Crippen LogP contribution in [0.5, 0.6) is 0 Å². The summed E-state index contributed by atoms with van der Waals surface area (Å²) in [5.74, 6) is -0.677. The number of carbonyl (C=O) groups is 2. The number of carbonyl (C=O) groups excluding carboxylic acids is 2. The van der Waals surface area contributed by atoms with Crippen LogP contribution in [0.3, 0.4) is 0 Å². The lowest BCUT2D eigenvalue weighted by Gasteiger charge is -2.17. The van der Waals surface area contributed by atoms with Crippen molar-refractivity contribution in [2.75, 3.05) is 16.8 Å². The number of anilines is 2. The maximum absolute atomic E-state index is 12.6. The molecule has 1 aliphatic rings. The van der Waals surface area contributed by atoms with E-state index in [0.717, 1.165) is 15.7 Å². The second kappa shape index (κ2) is 7.36. The minimum Gasteiger partial charge on any atom is -0.325 e. The summed E-state index contributed by atoms with van der Waals surface area (Å²) in [4.78, 5) is 26.5. The molecule has 3 rings (SSSR count). The molecule has 2 amide bonds. The molecule has 2 aromatic rings. The van der Waals surface area contributed by atoms with Gasteiger partial charge in [-0.3, -0.25) is 9.59 Å². The molecule has 0 unspecified atom stereocenters. The Morgan fingerprint density at radius 2 is 1.88 bits per heavy atom. The monoisotopic (exact) mass is 440 g/mol. The topological polar surface area (TPSA) is 49.4 Å². The molecule has 4 nitrogen and oxygen atoms in total. The highest BCUT2D eigenvalue weighted by Crippen LogP contribution is 2.32. The van der Waals surface area contributed by atoms with Crippen molar-refractivity contribution in [3.8, 4) is 0 Å². The summed E-state index contributed by atoms with van der Waals surface area (Å²) in [5, 5.41) is 4.04. The number of hydrogen-bond donors (Lipinski definition) is 1. The average Bonchev–Trinajstić information content (AvgIpc) is 2.98. The van der Waals surface area contributed by atoms with E-state index >= 15 is 0 Å². The van der Waals surface area contributed by atoms with Crippen LogP contribution in [0, 0.1) is 12.8 Å². The molecule has 1 heterocycles. The van der Waals surface area contributed by atoms with E-state index in [0.29, 0.717) is 22.3 Å². The number of nitrogens with zero attached hydrogens (tertiary/aromatic N) is 1. The summed E-state index contributed by atoms with van der Waals surface area (Å²) in [6.07, 6.45) is 0.178. The van der Waals surface area contributed by atoms with Crippen molar-refractivity contribution in [2.24, 2.45) is 5.92 Å². The first-order valence-corrected chi connectivity index (χ1v) is 9.23. The van der Waals surface area contributed by atoms with Crippen LogP contribution in [0.15, 0.2) is 40.9 Å². The Hall–Kier alpha value is -1.56. The van der Waals surface area contributed by atoms with E-state index in [9.17, 15) is 9.59 Å². The lowest BCUT2D eigenvalue weighted by molar-refractivity contribution is -0.122. The number of rotatable bonds is 3. The molecule has 0 bridgehead atoms. The Labute approximate surface area is 164 Å². The zero-order valence-electron chi connectivity index (χ0n) is 13.4. The predicted octanol–water partition coefficient (Wildman–Crippen LogP) is 5.06. The lowest BCUT2D eigenvalue weighted by atomic mass is 10.1. The third-order valence-electron chi connectivity index (χ3n) is 4.23. The van der Waals surface area contributed by atoms with Gasteiger partial charge in [-0.15, -0.1) is 0 Å². The molecule has 2 aromatic carbocycles. The van der Waals surface area contributed by atoms with Crippen molar-refractivity contribution in [3.63, 3.8) is 0 Å². The molecular formula is C18H15BrCl2N2O2. The van der Waals surface area contributed by atoms with Gasteiger partial charge in [-0.05, 0) is 64.8 Å². The van der Waals surface area contributed by atoms with Gasteiger partial charge in [-0.25, -0.2) is 0 Å². The van der Waals surface area contributed by atoms with E-state index in [-0.39, 0.29) is 18.2 Å². The summed E-state index contributed by atoms with van der Waals surface area (Å²) >= 11 is 15.4. The van der Waals surface area contributed by atoms with Crippen LogP contribution in [0.1, 0.15) is 12.0 Å². The largest absolute Gasteiger partial charge is 0.325 e. The summed E-state index contributed by atoms with van der Waals surface area (Å²) in [6, 6.07) is 10.6. The molecule has 0 saturated carbocycles. The summed E-state index contributed by atoms with van der Waals surface area (Å²) in [7, 11) is 0. The highest BCUT2D eigenvalue weighted by molar-refractivity contribution is 9.10.